The van der Waals surface area contributed by atoms with Gasteiger partial charge in [0, 0.05) is 10.9 Å². The van der Waals surface area contributed by atoms with Gasteiger partial charge in [-0.25, -0.2) is 0 Å². The van der Waals surface area contributed by atoms with E-state index in [0.717, 1.165) is 22.3 Å². The molecule has 0 saturated carbocycles. The van der Waals surface area contributed by atoms with Crippen molar-refractivity contribution in [3.05, 3.63) is 146 Å². The van der Waals surface area contributed by atoms with Crippen LogP contribution in [0.25, 0.3) is 76.9 Å². The number of hydrogen-bond acceptors (Lipinski definition) is 1. The van der Waals surface area contributed by atoms with Crippen LogP contribution in [0, 0.1) is 0 Å². The van der Waals surface area contributed by atoms with Gasteiger partial charge in [-0.2, -0.15) is 0 Å². The van der Waals surface area contributed by atoms with Gasteiger partial charge in [-0.3, -0.25) is 0 Å². The molecule has 0 saturated heterocycles. The molecule has 8 aromatic rings. The summed E-state index contributed by atoms with van der Waals surface area (Å²) in [7, 11) is 0. The maximum absolute atomic E-state index is 6.25. The fraction of sp³-hybridized carbons (Fsp3) is 0. The Bertz CT molecular complexity index is 2090. The van der Waals surface area contributed by atoms with Gasteiger partial charge in [-0.1, -0.05) is 127 Å². The number of hydrogen-bond donors (Lipinski definition) is 0. The molecule has 1 nitrogen and oxygen atoms in total. The predicted molar refractivity (Wildman–Crippen MR) is 165 cm³/mol. The molecule has 0 aliphatic rings. The number of furan rings is 1. The Labute approximate surface area is 226 Å². The van der Waals surface area contributed by atoms with Gasteiger partial charge < -0.3 is 4.42 Å². The van der Waals surface area contributed by atoms with Crippen LogP contribution < -0.4 is 0 Å². The molecule has 0 atom stereocenters. The van der Waals surface area contributed by atoms with E-state index in [9.17, 15) is 0 Å². The third kappa shape index (κ3) is 3.48. The zero-order valence-electron chi connectivity index (χ0n) is 21.3. The molecule has 0 aliphatic heterocycles. The van der Waals surface area contributed by atoms with Crippen molar-refractivity contribution in [2.75, 3.05) is 0 Å². The Morgan fingerprint density at radius 2 is 0.872 bits per heavy atom. The molecule has 0 N–H and O–H groups in total. The maximum Gasteiger partial charge on any atom is 0.135 e. The van der Waals surface area contributed by atoms with E-state index in [1.54, 1.807) is 0 Å². The predicted octanol–water partition coefficient (Wildman–Crippen LogP) is 10.9. The third-order valence-corrected chi connectivity index (χ3v) is 7.86. The van der Waals surface area contributed by atoms with E-state index in [1.807, 2.05) is 18.2 Å². The molecular formula is C38H24O. The summed E-state index contributed by atoms with van der Waals surface area (Å²) in [5.41, 5.74) is 7.04. The van der Waals surface area contributed by atoms with Gasteiger partial charge in [0.25, 0.3) is 0 Å². The normalized spacial score (nSPS) is 11.6. The highest BCUT2D eigenvalue weighted by atomic mass is 16.3. The van der Waals surface area contributed by atoms with Crippen LogP contribution in [0.3, 0.4) is 0 Å². The highest BCUT2D eigenvalue weighted by molar-refractivity contribution is 6.22. The van der Waals surface area contributed by atoms with Crippen molar-refractivity contribution in [1.29, 1.82) is 0 Å². The van der Waals surface area contributed by atoms with Crippen LogP contribution in [0.1, 0.15) is 0 Å². The van der Waals surface area contributed by atoms with Gasteiger partial charge in [0.05, 0.1) is 0 Å². The summed E-state index contributed by atoms with van der Waals surface area (Å²) in [6.07, 6.45) is 0. The number of rotatable bonds is 3. The summed E-state index contributed by atoms with van der Waals surface area (Å²) in [6, 6.07) is 52.0. The van der Waals surface area contributed by atoms with Crippen molar-refractivity contribution in [2.24, 2.45) is 0 Å². The van der Waals surface area contributed by atoms with E-state index >= 15 is 0 Å². The summed E-state index contributed by atoms with van der Waals surface area (Å²) < 4.78 is 6.25. The fourth-order valence-electron chi connectivity index (χ4n) is 6.11. The van der Waals surface area contributed by atoms with Crippen molar-refractivity contribution in [1.82, 2.24) is 0 Å². The SMILES string of the molecule is c1ccc(-c2cc3c(ccc4cc(-c5c6ccccc6c(-c6ccccc6)c6ccccc56)ccc43)o2)cc1. The molecule has 0 aliphatic carbocycles. The molecule has 182 valence electrons. The van der Waals surface area contributed by atoms with E-state index in [1.165, 1.54) is 54.6 Å². The average Bonchev–Trinajstić information content (AvgIpc) is 3.45. The summed E-state index contributed by atoms with van der Waals surface area (Å²) >= 11 is 0. The lowest BCUT2D eigenvalue weighted by atomic mass is 9.85. The first-order valence-electron chi connectivity index (χ1n) is 13.4. The first-order chi connectivity index (χ1) is 19.3. The van der Waals surface area contributed by atoms with Gasteiger partial charge in [-0.15, -0.1) is 0 Å². The minimum Gasteiger partial charge on any atom is -0.456 e. The van der Waals surface area contributed by atoms with Gasteiger partial charge >= 0.3 is 0 Å². The standard InChI is InChI=1S/C38H24O/c1-3-11-25(12-4-1)36-24-34-29-21-19-28(23-27(29)20-22-35(34)39-36)38-32-17-9-7-15-30(32)37(26-13-5-2-6-14-26)31-16-8-10-18-33(31)38/h1-24H. The summed E-state index contributed by atoms with van der Waals surface area (Å²) in [4.78, 5) is 0. The molecule has 0 amide bonds. The van der Waals surface area contributed by atoms with Crippen LogP contribution in [0.2, 0.25) is 0 Å². The van der Waals surface area contributed by atoms with Crippen molar-refractivity contribution in [3.8, 4) is 33.6 Å². The molecule has 0 unspecified atom stereocenters. The van der Waals surface area contributed by atoms with Crippen molar-refractivity contribution in [3.63, 3.8) is 0 Å². The van der Waals surface area contributed by atoms with E-state index in [2.05, 4.69) is 127 Å². The second kappa shape index (κ2) is 8.72. The van der Waals surface area contributed by atoms with E-state index in [-0.39, 0.29) is 0 Å². The largest absolute Gasteiger partial charge is 0.456 e. The van der Waals surface area contributed by atoms with Crippen molar-refractivity contribution < 1.29 is 4.42 Å². The monoisotopic (exact) mass is 496 g/mol. The van der Waals surface area contributed by atoms with Crippen molar-refractivity contribution in [2.45, 2.75) is 0 Å². The zero-order chi connectivity index (χ0) is 25.8. The molecule has 39 heavy (non-hydrogen) atoms. The molecule has 1 heteroatoms. The van der Waals surface area contributed by atoms with Gasteiger partial charge in [0.2, 0.25) is 0 Å². The van der Waals surface area contributed by atoms with E-state index in [0.29, 0.717) is 0 Å². The number of benzene rings is 7. The Balaban J connectivity index is 1.39. The van der Waals surface area contributed by atoms with Crippen LogP contribution in [0.4, 0.5) is 0 Å². The molecule has 1 heterocycles. The minimum absolute atomic E-state index is 0.899. The Morgan fingerprint density at radius 1 is 0.333 bits per heavy atom. The highest BCUT2D eigenvalue weighted by Crippen LogP contribution is 2.44. The van der Waals surface area contributed by atoms with Crippen LogP contribution in [-0.4, -0.2) is 0 Å². The van der Waals surface area contributed by atoms with Crippen LogP contribution in [0.5, 0.6) is 0 Å². The second-order valence-corrected chi connectivity index (χ2v) is 10.1. The topological polar surface area (TPSA) is 13.1 Å². The fourth-order valence-corrected chi connectivity index (χ4v) is 6.11. The van der Waals surface area contributed by atoms with Crippen LogP contribution >= 0.6 is 0 Å². The Hall–Kier alpha value is -5.14. The lowest BCUT2D eigenvalue weighted by Gasteiger charge is -2.18. The number of fused-ring (bicyclic) bond motifs is 5. The first kappa shape index (κ1) is 21.9. The molecule has 7 aromatic carbocycles. The molecule has 0 radical (unpaired) electrons. The quantitative estimate of drug-likeness (QED) is 0.222. The van der Waals surface area contributed by atoms with Gasteiger partial charge in [0.1, 0.15) is 11.3 Å². The van der Waals surface area contributed by atoms with Crippen molar-refractivity contribution >= 4 is 43.3 Å². The highest BCUT2D eigenvalue weighted by Gasteiger charge is 2.17. The lowest BCUT2D eigenvalue weighted by molar-refractivity contribution is 0.632. The summed E-state index contributed by atoms with van der Waals surface area (Å²) in [5.74, 6) is 0.899. The van der Waals surface area contributed by atoms with Gasteiger partial charge in [-0.05, 0) is 72.8 Å². The second-order valence-electron chi connectivity index (χ2n) is 10.1. The molecule has 0 spiro atoms. The van der Waals surface area contributed by atoms with E-state index < -0.39 is 0 Å². The Kier molecular flexibility index (Phi) is 4.89. The zero-order valence-corrected chi connectivity index (χ0v) is 21.3. The average molecular weight is 497 g/mol. The lowest BCUT2D eigenvalue weighted by Crippen LogP contribution is -1.90. The molecule has 8 rings (SSSR count). The molecule has 0 fully saturated rings. The van der Waals surface area contributed by atoms with Crippen LogP contribution in [-0.2, 0) is 0 Å². The van der Waals surface area contributed by atoms with E-state index in [4.69, 9.17) is 4.42 Å². The summed E-state index contributed by atoms with van der Waals surface area (Å²) in [6.45, 7) is 0. The Morgan fingerprint density at radius 3 is 1.49 bits per heavy atom. The van der Waals surface area contributed by atoms with Crippen LogP contribution in [0.15, 0.2) is 150 Å². The minimum atomic E-state index is 0.899. The third-order valence-electron chi connectivity index (χ3n) is 7.86. The molecular weight excluding hydrogens is 472 g/mol. The maximum atomic E-state index is 6.25. The molecule has 0 bridgehead atoms. The van der Waals surface area contributed by atoms with Gasteiger partial charge in [0.15, 0.2) is 0 Å². The first-order valence-corrected chi connectivity index (χ1v) is 13.4. The smallest absolute Gasteiger partial charge is 0.135 e. The summed E-state index contributed by atoms with van der Waals surface area (Å²) in [5, 5.41) is 8.64. The molecule has 1 aromatic heterocycles.